The second-order valence-electron chi connectivity index (χ2n) is 7.62. The number of aromatic nitrogens is 1. The first-order chi connectivity index (χ1) is 11.6. The quantitative estimate of drug-likeness (QED) is 0.826. The molecule has 0 bridgehead atoms. The monoisotopic (exact) mass is 333 g/mol. The van der Waals surface area contributed by atoms with Gasteiger partial charge in [0.05, 0.1) is 19.3 Å². The minimum atomic E-state index is -0.138. The fourth-order valence-corrected chi connectivity index (χ4v) is 3.65. The van der Waals surface area contributed by atoms with Crippen molar-refractivity contribution < 1.29 is 9.47 Å². The molecule has 2 fully saturated rings. The predicted molar refractivity (Wildman–Crippen MR) is 94.9 cm³/mol. The molecule has 0 radical (unpaired) electrons. The Hall–Kier alpha value is -1.01. The highest BCUT2D eigenvalue weighted by Gasteiger charge is 2.43. The molecule has 1 aromatic rings. The van der Waals surface area contributed by atoms with Gasteiger partial charge in [-0.25, -0.2) is 0 Å². The van der Waals surface area contributed by atoms with E-state index in [1.54, 1.807) is 0 Å². The summed E-state index contributed by atoms with van der Waals surface area (Å²) < 4.78 is 12.4. The maximum atomic E-state index is 6.53. The zero-order chi connectivity index (χ0) is 17.0. The summed E-state index contributed by atoms with van der Waals surface area (Å²) in [7, 11) is 2.18. The number of hydrogen-bond donors (Lipinski definition) is 0. The third-order valence-electron chi connectivity index (χ3n) is 5.27. The van der Waals surface area contributed by atoms with Gasteiger partial charge in [0.2, 0.25) is 0 Å². The molecule has 0 N–H and O–H groups in total. The largest absolute Gasteiger partial charge is 0.377 e. The van der Waals surface area contributed by atoms with Crippen molar-refractivity contribution in [2.75, 3.05) is 39.9 Å². The molecule has 0 saturated carbocycles. The summed E-state index contributed by atoms with van der Waals surface area (Å²) in [6.07, 6.45) is 6.31. The van der Waals surface area contributed by atoms with Crippen molar-refractivity contribution in [3.63, 3.8) is 0 Å². The molecular formula is C19H31N3O2. The van der Waals surface area contributed by atoms with E-state index in [0.717, 1.165) is 52.2 Å². The number of likely N-dealkylation sites (N-methyl/N-ethyl adjacent to an activating group) is 1. The van der Waals surface area contributed by atoms with Crippen LogP contribution in [0.4, 0.5) is 0 Å². The summed E-state index contributed by atoms with van der Waals surface area (Å²) in [6, 6.07) is 4.70. The molecule has 0 aliphatic carbocycles. The molecule has 3 heterocycles. The lowest BCUT2D eigenvalue weighted by Crippen LogP contribution is -2.45. The van der Waals surface area contributed by atoms with E-state index in [2.05, 4.69) is 41.7 Å². The van der Waals surface area contributed by atoms with Crippen LogP contribution in [0.2, 0.25) is 0 Å². The average Bonchev–Trinajstić information content (AvgIpc) is 2.83. The van der Waals surface area contributed by atoms with Gasteiger partial charge in [-0.15, -0.1) is 0 Å². The lowest BCUT2D eigenvalue weighted by molar-refractivity contribution is -0.0924. The van der Waals surface area contributed by atoms with Crippen LogP contribution in [0.25, 0.3) is 0 Å². The van der Waals surface area contributed by atoms with Crippen molar-refractivity contribution in [3.05, 3.63) is 30.1 Å². The third-order valence-corrected chi connectivity index (χ3v) is 5.27. The van der Waals surface area contributed by atoms with Crippen molar-refractivity contribution in [1.82, 2.24) is 14.8 Å². The molecule has 0 unspecified atom stereocenters. The van der Waals surface area contributed by atoms with Crippen LogP contribution in [0.1, 0.15) is 32.3 Å². The molecule has 1 aromatic heterocycles. The molecule has 24 heavy (non-hydrogen) atoms. The van der Waals surface area contributed by atoms with Crippen LogP contribution in [0.5, 0.6) is 0 Å². The molecule has 5 nitrogen and oxygen atoms in total. The zero-order valence-electron chi connectivity index (χ0n) is 15.3. The van der Waals surface area contributed by atoms with Crippen molar-refractivity contribution >= 4 is 0 Å². The molecule has 2 atom stereocenters. The molecule has 2 aliphatic heterocycles. The van der Waals surface area contributed by atoms with Crippen LogP contribution in [0.3, 0.4) is 0 Å². The van der Waals surface area contributed by atoms with E-state index in [0.29, 0.717) is 12.1 Å². The summed E-state index contributed by atoms with van der Waals surface area (Å²) in [4.78, 5) is 9.06. The van der Waals surface area contributed by atoms with Crippen LogP contribution in [0.15, 0.2) is 24.5 Å². The summed E-state index contributed by atoms with van der Waals surface area (Å²) in [5.74, 6) is 0. The fraction of sp³-hybridized carbons (Fsp3) is 0.737. The standard InChI is InChI=1S/C19H31N3O2/c1-16(2)21(3)13-18-6-7-19(24-18)14-22(9-10-23-15-19)12-17-5-4-8-20-11-17/h4-5,8,11,16,18H,6-7,9-10,12-15H2,1-3H3/t18-,19+/m0/s1. The van der Waals surface area contributed by atoms with E-state index in [4.69, 9.17) is 9.47 Å². The van der Waals surface area contributed by atoms with Gasteiger partial charge < -0.3 is 14.4 Å². The topological polar surface area (TPSA) is 37.8 Å². The summed E-state index contributed by atoms with van der Waals surface area (Å²) >= 11 is 0. The van der Waals surface area contributed by atoms with E-state index >= 15 is 0 Å². The number of hydrogen-bond acceptors (Lipinski definition) is 5. The molecule has 2 aliphatic rings. The average molecular weight is 333 g/mol. The van der Waals surface area contributed by atoms with Crippen molar-refractivity contribution in [2.24, 2.45) is 0 Å². The van der Waals surface area contributed by atoms with Gasteiger partial charge in [-0.05, 0) is 45.4 Å². The van der Waals surface area contributed by atoms with E-state index in [-0.39, 0.29) is 5.60 Å². The fourth-order valence-electron chi connectivity index (χ4n) is 3.65. The maximum absolute atomic E-state index is 6.53. The molecule has 2 saturated heterocycles. The normalized spacial score (nSPS) is 28.8. The Kier molecular flexibility index (Phi) is 5.87. The van der Waals surface area contributed by atoms with Gasteiger partial charge in [0.1, 0.15) is 5.60 Å². The third kappa shape index (κ3) is 4.54. The zero-order valence-corrected chi connectivity index (χ0v) is 15.3. The van der Waals surface area contributed by atoms with E-state index in [1.807, 2.05) is 18.5 Å². The van der Waals surface area contributed by atoms with Crippen LogP contribution < -0.4 is 0 Å². The molecule has 3 rings (SSSR count). The minimum Gasteiger partial charge on any atom is -0.377 e. The Morgan fingerprint density at radius 2 is 2.33 bits per heavy atom. The van der Waals surface area contributed by atoms with E-state index in [1.165, 1.54) is 5.56 Å². The number of rotatable bonds is 5. The first-order valence-corrected chi connectivity index (χ1v) is 9.13. The maximum Gasteiger partial charge on any atom is 0.105 e. The van der Waals surface area contributed by atoms with Gasteiger partial charge in [-0.1, -0.05) is 6.07 Å². The van der Waals surface area contributed by atoms with Crippen LogP contribution in [-0.4, -0.2) is 72.4 Å². The van der Waals surface area contributed by atoms with Gasteiger partial charge in [0, 0.05) is 44.6 Å². The molecular weight excluding hydrogens is 302 g/mol. The highest BCUT2D eigenvalue weighted by atomic mass is 16.6. The molecule has 5 heteroatoms. The summed E-state index contributed by atoms with van der Waals surface area (Å²) in [5.41, 5.74) is 1.12. The van der Waals surface area contributed by atoms with Crippen molar-refractivity contribution in [1.29, 1.82) is 0 Å². The number of nitrogens with zero attached hydrogens (tertiary/aromatic N) is 3. The molecule has 0 amide bonds. The summed E-state index contributed by atoms with van der Waals surface area (Å²) in [6.45, 7) is 9.78. The number of ether oxygens (including phenoxy) is 2. The Labute approximate surface area is 145 Å². The van der Waals surface area contributed by atoms with Gasteiger partial charge in [-0.3, -0.25) is 9.88 Å². The van der Waals surface area contributed by atoms with Crippen LogP contribution in [-0.2, 0) is 16.0 Å². The van der Waals surface area contributed by atoms with Crippen molar-refractivity contribution in [3.8, 4) is 0 Å². The SMILES string of the molecule is CC(C)N(C)C[C@@H]1CC[C@@]2(COCCN(Cc3cccnc3)C2)O1. The van der Waals surface area contributed by atoms with Crippen LogP contribution >= 0.6 is 0 Å². The highest BCUT2D eigenvalue weighted by molar-refractivity contribution is 5.08. The predicted octanol–water partition coefficient (Wildman–Crippen LogP) is 2.17. The van der Waals surface area contributed by atoms with Gasteiger partial charge in [-0.2, -0.15) is 0 Å². The first-order valence-electron chi connectivity index (χ1n) is 9.13. The highest BCUT2D eigenvalue weighted by Crippen LogP contribution is 2.33. The number of pyridine rings is 1. The van der Waals surface area contributed by atoms with Crippen molar-refractivity contribution in [2.45, 2.75) is 51.0 Å². The molecule has 134 valence electrons. The Bertz CT molecular complexity index is 511. The van der Waals surface area contributed by atoms with Gasteiger partial charge in [0.25, 0.3) is 0 Å². The van der Waals surface area contributed by atoms with Crippen LogP contribution in [0, 0.1) is 0 Å². The minimum absolute atomic E-state index is 0.138. The molecule has 1 spiro atoms. The van der Waals surface area contributed by atoms with Gasteiger partial charge in [0.15, 0.2) is 0 Å². The second-order valence-corrected chi connectivity index (χ2v) is 7.62. The van der Waals surface area contributed by atoms with E-state index < -0.39 is 0 Å². The smallest absolute Gasteiger partial charge is 0.105 e. The van der Waals surface area contributed by atoms with Gasteiger partial charge >= 0.3 is 0 Å². The first kappa shape index (κ1) is 17.8. The lowest BCUT2D eigenvalue weighted by atomic mass is 10.00. The van der Waals surface area contributed by atoms with E-state index in [9.17, 15) is 0 Å². The molecule has 0 aromatic carbocycles. The summed E-state index contributed by atoms with van der Waals surface area (Å²) in [5, 5.41) is 0. The Morgan fingerprint density at radius 3 is 3.08 bits per heavy atom. The lowest BCUT2D eigenvalue weighted by Gasteiger charge is -2.33. The second kappa shape index (κ2) is 7.91. The Balaban J connectivity index is 1.60. The Morgan fingerprint density at radius 1 is 1.46 bits per heavy atom.